The highest BCUT2D eigenvalue weighted by atomic mass is 19.1. The van der Waals surface area contributed by atoms with E-state index in [0.29, 0.717) is 31.0 Å². The second-order valence-corrected chi connectivity index (χ2v) is 8.02. The smallest absolute Gasteiger partial charge is 0.226 e. The van der Waals surface area contributed by atoms with Gasteiger partial charge in [0.2, 0.25) is 11.8 Å². The fourth-order valence-electron chi connectivity index (χ4n) is 3.78. The number of carbonyl (C=O) groups excluding carboxylic acids is 1. The lowest BCUT2D eigenvalue weighted by atomic mass is 10.1. The number of hydrogen-bond acceptors (Lipinski definition) is 4. The van der Waals surface area contributed by atoms with Gasteiger partial charge < -0.3 is 14.8 Å². The summed E-state index contributed by atoms with van der Waals surface area (Å²) in [6, 6.07) is 23.2. The maximum Gasteiger partial charge on any atom is 0.226 e. The van der Waals surface area contributed by atoms with Crippen molar-refractivity contribution in [3.63, 3.8) is 0 Å². The first-order valence-electron chi connectivity index (χ1n) is 11.6. The molecule has 0 radical (unpaired) electrons. The van der Waals surface area contributed by atoms with E-state index >= 15 is 0 Å². The van der Waals surface area contributed by atoms with Crippen LogP contribution in [0.15, 0.2) is 78.9 Å². The molecule has 0 atom stereocenters. The molecule has 0 saturated heterocycles. The van der Waals surface area contributed by atoms with Crippen molar-refractivity contribution in [2.75, 3.05) is 7.11 Å². The summed E-state index contributed by atoms with van der Waals surface area (Å²) in [5.74, 6) is 1.09. The van der Waals surface area contributed by atoms with Crippen LogP contribution in [0.1, 0.15) is 30.2 Å². The van der Waals surface area contributed by atoms with Gasteiger partial charge in [0.25, 0.3) is 0 Å². The maximum atomic E-state index is 13.9. The van der Waals surface area contributed by atoms with Crippen LogP contribution in [0.5, 0.6) is 17.4 Å². The molecule has 0 fully saturated rings. The molecule has 7 heteroatoms. The zero-order valence-corrected chi connectivity index (χ0v) is 19.8. The SMILES string of the molecule is CCc1nn(-c2ccc(OC)cc2)c(Oc2cccc(F)c2)c1CCC(=O)NCc1ccccc1. The van der Waals surface area contributed by atoms with Crippen molar-refractivity contribution in [3.8, 4) is 23.1 Å². The quantitative estimate of drug-likeness (QED) is 0.325. The summed E-state index contributed by atoms with van der Waals surface area (Å²) < 4.78 is 27.0. The second-order valence-electron chi connectivity index (χ2n) is 8.02. The van der Waals surface area contributed by atoms with Gasteiger partial charge in [-0.3, -0.25) is 4.79 Å². The zero-order valence-electron chi connectivity index (χ0n) is 19.8. The summed E-state index contributed by atoms with van der Waals surface area (Å²) in [5, 5.41) is 7.73. The summed E-state index contributed by atoms with van der Waals surface area (Å²) in [6.45, 7) is 2.48. The third kappa shape index (κ3) is 6.06. The minimum atomic E-state index is -0.393. The molecule has 0 aliphatic rings. The van der Waals surface area contributed by atoms with Crippen LogP contribution in [0, 0.1) is 5.82 Å². The Labute approximate surface area is 204 Å². The molecule has 180 valence electrons. The monoisotopic (exact) mass is 473 g/mol. The Hall–Kier alpha value is -4.13. The fraction of sp³-hybridized carbons (Fsp3) is 0.214. The molecule has 0 spiro atoms. The highest BCUT2D eigenvalue weighted by Crippen LogP contribution is 2.33. The first-order valence-corrected chi connectivity index (χ1v) is 11.6. The molecule has 6 nitrogen and oxygen atoms in total. The van der Waals surface area contributed by atoms with Crippen molar-refractivity contribution in [2.45, 2.75) is 32.7 Å². The number of ether oxygens (including phenoxy) is 2. The normalized spacial score (nSPS) is 10.7. The van der Waals surface area contributed by atoms with E-state index in [1.807, 2.05) is 61.5 Å². The molecule has 3 aromatic carbocycles. The van der Waals surface area contributed by atoms with E-state index in [9.17, 15) is 9.18 Å². The van der Waals surface area contributed by atoms with E-state index in [-0.39, 0.29) is 12.3 Å². The summed E-state index contributed by atoms with van der Waals surface area (Å²) in [5.41, 5.74) is 3.45. The van der Waals surface area contributed by atoms with Crippen molar-refractivity contribution in [1.29, 1.82) is 0 Å². The van der Waals surface area contributed by atoms with E-state index in [1.54, 1.807) is 23.9 Å². The topological polar surface area (TPSA) is 65.4 Å². The Balaban J connectivity index is 1.61. The third-order valence-corrected chi connectivity index (χ3v) is 5.62. The number of aromatic nitrogens is 2. The van der Waals surface area contributed by atoms with E-state index in [2.05, 4.69) is 5.32 Å². The molecule has 1 heterocycles. The molecule has 4 rings (SSSR count). The third-order valence-electron chi connectivity index (χ3n) is 5.62. The van der Waals surface area contributed by atoms with Gasteiger partial charge in [-0.25, -0.2) is 9.07 Å². The molecular formula is C28H28FN3O3. The predicted molar refractivity (Wildman–Crippen MR) is 133 cm³/mol. The number of rotatable bonds is 10. The van der Waals surface area contributed by atoms with Gasteiger partial charge in [0, 0.05) is 24.6 Å². The number of amides is 1. The van der Waals surface area contributed by atoms with Crippen LogP contribution in [0.2, 0.25) is 0 Å². The van der Waals surface area contributed by atoms with Crippen LogP contribution in [0.25, 0.3) is 5.69 Å². The molecule has 0 unspecified atom stereocenters. The largest absolute Gasteiger partial charge is 0.497 e. The number of methoxy groups -OCH3 is 1. The minimum Gasteiger partial charge on any atom is -0.497 e. The van der Waals surface area contributed by atoms with Gasteiger partial charge >= 0.3 is 0 Å². The van der Waals surface area contributed by atoms with Crippen molar-refractivity contribution >= 4 is 5.91 Å². The molecule has 0 saturated carbocycles. The second kappa shape index (κ2) is 11.3. The van der Waals surface area contributed by atoms with E-state index in [1.165, 1.54) is 12.1 Å². The molecule has 1 amide bonds. The molecule has 1 N–H and O–H groups in total. The summed E-state index contributed by atoms with van der Waals surface area (Å²) >= 11 is 0. The maximum absolute atomic E-state index is 13.9. The number of aryl methyl sites for hydroxylation is 1. The van der Waals surface area contributed by atoms with Crippen LogP contribution in [-0.4, -0.2) is 22.8 Å². The number of halogens is 1. The number of benzene rings is 3. The summed E-state index contributed by atoms with van der Waals surface area (Å²) in [6.07, 6.45) is 1.36. The molecule has 0 bridgehead atoms. The van der Waals surface area contributed by atoms with E-state index in [0.717, 1.165) is 28.3 Å². The van der Waals surface area contributed by atoms with E-state index < -0.39 is 5.82 Å². The molecule has 4 aromatic rings. The van der Waals surface area contributed by atoms with Gasteiger partial charge in [0.05, 0.1) is 18.5 Å². The lowest BCUT2D eigenvalue weighted by molar-refractivity contribution is -0.121. The molecular weight excluding hydrogens is 445 g/mol. The van der Waals surface area contributed by atoms with Gasteiger partial charge in [-0.1, -0.05) is 43.3 Å². The summed E-state index contributed by atoms with van der Waals surface area (Å²) in [7, 11) is 1.61. The van der Waals surface area contributed by atoms with Gasteiger partial charge in [0.15, 0.2) is 0 Å². The number of hydrogen-bond donors (Lipinski definition) is 1. The minimum absolute atomic E-state index is 0.0650. The lowest BCUT2D eigenvalue weighted by Crippen LogP contribution is -2.23. The Morgan fingerprint density at radius 3 is 2.46 bits per heavy atom. The summed E-state index contributed by atoms with van der Waals surface area (Å²) in [4.78, 5) is 12.6. The fourth-order valence-corrected chi connectivity index (χ4v) is 3.78. The Bertz CT molecular complexity index is 1270. The van der Waals surface area contributed by atoms with Crippen LogP contribution in [0.3, 0.4) is 0 Å². The number of carbonyl (C=O) groups is 1. The molecule has 35 heavy (non-hydrogen) atoms. The lowest BCUT2D eigenvalue weighted by Gasteiger charge is -2.12. The highest BCUT2D eigenvalue weighted by Gasteiger charge is 2.21. The highest BCUT2D eigenvalue weighted by molar-refractivity contribution is 5.76. The molecule has 0 aliphatic carbocycles. The van der Waals surface area contributed by atoms with Gasteiger partial charge in [-0.2, -0.15) is 5.10 Å². The van der Waals surface area contributed by atoms with Gasteiger partial charge in [-0.05, 0) is 54.8 Å². The van der Waals surface area contributed by atoms with Crippen molar-refractivity contribution in [3.05, 3.63) is 102 Å². The van der Waals surface area contributed by atoms with E-state index in [4.69, 9.17) is 14.6 Å². The zero-order chi connectivity index (χ0) is 24.6. The predicted octanol–water partition coefficient (Wildman–Crippen LogP) is 5.62. The van der Waals surface area contributed by atoms with Crippen molar-refractivity contribution in [2.24, 2.45) is 0 Å². The van der Waals surface area contributed by atoms with Crippen molar-refractivity contribution < 1.29 is 18.7 Å². The average molecular weight is 474 g/mol. The average Bonchev–Trinajstić information content (AvgIpc) is 3.24. The number of nitrogens with one attached hydrogen (secondary N) is 1. The van der Waals surface area contributed by atoms with Crippen LogP contribution in [-0.2, 0) is 24.2 Å². The van der Waals surface area contributed by atoms with Crippen LogP contribution < -0.4 is 14.8 Å². The molecule has 1 aromatic heterocycles. The van der Waals surface area contributed by atoms with Gasteiger partial charge in [-0.15, -0.1) is 0 Å². The first-order chi connectivity index (χ1) is 17.1. The Morgan fingerprint density at radius 1 is 1.00 bits per heavy atom. The van der Waals surface area contributed by atoms with Crippen LogP contribution in [0.4, 0.5) is 4.39 Å². The van der Waals surface area contributed by atoms with Gasteiger partial charge in [0.1, 0.15) is 17.3 Å². The van der Waals surface area contributed by atoms with Crippen LogP contribution >= 0.6 is 0 Å². The first kappa shape index (κ1) is 24.0. The Kier molecular flexibility index (Phi) is 7.77. The Morgan fingerprint density at radius 2 is 1.77 bits per heavy atom. The van der Waals surface area contributed by atoms with Crippen molar-refractivity contribution in [1.82, 2.24) is 15.1 Å². The molecule has 0 aliphatic heterocycles. The standard InChI is InChI=1S/C28H28FN3O3/c1-3-26-25(16-17-27(33)30-19-20-8-5-4-6-9-20)28(35-24-11-7-10-21(29)18-24)32(31-26)22-12-14-23(34-2)15-13-22/h4-15,18H,3,16-17,19H2,1-2H3,(H,30,33). The number of nitrogens with zero attached hydrogens (tertiary/aromatic N) is 2.